The summed E-state index contributed by atoms with van der Waals surface area (Å²) in [6.07, 6.45) is 0. The summed E-state index contributed by atoms with van der Waals surface area (Å²) in [5.41, 5.74) is 5.87. The van der Waals surface area contributed by atoms with Crippen LogP contribution in [0, 0.1) is 6.92 Å². The number of imidazole rings is 1. The smallest absolute Gasteiger partial charge is 0.308 e. The Balaban J connectivity index is 2.06. The third-order valence-corrected chi connectivity index (χ3v) is 3.99. The molecular formula is C20H16N2O2. The molecular weight excluding hydrogens is 300 g/mol. The molecule has 4 rings (SSSR count). The third kappa shape index (κ3) is 2.42. The topological polar surface area (TPSA) is 43.6 Å². The molecule has 24 heavy (non-hydrogen) atoms. The van der Waals surface area contributed by atoms with Gasteiger partial charge in [-0.3, -0.25) is 9.20 Å². The minimum absolute atomic E-state index is 0.342. The molecule has 0 aliphatic rings. The number of hydrogen-bond acceptors (Lipinski definition) is 3. The number of rotatable bonds is 2. The van der Waals surface area contributed by atoms with Crippen LogP contribution in [0.3, 0.4) is 0 Å². The molecule has 0 atom stereocenters. The number of carbonyl (C=O) groups excluding carboxylic acids is 1. The van der Waals surface area contributed by atoms with Crippen LogP contribution in [0.1, 0.15) is 12.5 Å². The second kappa shape index (κ2) is 5.49. The van der Waals surface area contributed by atoms with Crippen molar-refractivity contribution in [2.45, 2.75) is 13.8 Å². The van der Waals surface area contributed by atoms with Crippen molar-refractivity contribution in [3.8, 4) is 17.0 Å². The van der Waals surface area contributed by atoms with Gasteiger partial charge in [-0.05, 0) is 24.6 Å². The average Bonchev–Trinajstić information content (AvgIpc) is 2.92. The van der Waals surface area contributed by atoms with Gasteiger partial charge in [-0.1, -0.05) is 42.0 Å². The Kier molecular flexibility index (Phi) is 3.31. The van der Waals surface area contributed by atoms with Gasteiger partial charge in [-0.2, -0.15) is 0 Å². The van der Waals surface area contributed by atoms with Crippen molar-refractivity contribution >= 4 is 22.6 Å². The fourth-order valence-corrected chi connectivity index (χ4v) is 2.92. The zero-order valence-corrected chi connectivity index (χ0v) is 13.5. The number of aryl methyl sites for hydroxylation is 1. The van der Waals surface area contributed by atoms with Gasteiger partial charge in [-0.25, -0.2) is 4.98 Å². The van der Waals surface area contributed by atoms with E-state index in [-0.39, 0.29) is 5.97 Å². The first kappa shape index (κ1) is 14.5. The normalized spacial score (nSPS) is 11.1. The highest BCUT2D eigenvalue weighted by Gasteiger charge is 2.13. The summed E-state index contributed by atoms with van der Waals surface area (Å²) in [4.78, 5) is 16.0. The Morgan fingerprint density at radius 2 is 1.79 bits per heavy atom. The number of benzene rings is 2. The van der Waals surface area contributed by atoms with E-state index < -0.39 is 0 Å². The largest absolute Gasteiger partial charge is 0.427 e. The Labute approximate surface area is 139 Å². The first-order valence-corrected chi connectivity index (χ1v) is 7.78. The minimum Gasteiger partial charge on any atom is -0.427 e. The quantitative estimate of drug-likeness (QED) is 0.515. The van der Waals surface area contributed by atoms with Crippen molar-refractivity contribution in [2.75, 3.05) is 0 Å². The molecule has 4 aromatic rings. The number of fused-ring (bicyclic) bond motifs is 3. The van der Waals surface area contributed by atoms with Crippen LogP contribution in [0.4, 0.5) is 0 Å². The van der Waals surface area contributed by atoms with E-state index in [0.717, 1.165) is 27.9 Å². The number of hydrogen-bond donors (Lipinski definition) is 0. The van der Waals surface area contributed by atoms with E-state index in [2.05, 4.69) is 40.6 Å². The van der Waals surface area contributed by atoms with E-state index in [1.165, 1.54) is 12.5 Å². The summed E-state index contributed by atoms with van der Waals surface area (Å²) in [5, 5.41) is 0. The zero-order chi connectivity index (χ0) is 16.7. The minimum atomic E-state index is -0.342. The van der Waals surface area contributed by atoms with Gasteiger partial charge in [0.1, 0.15) is 11.4 Å². The summed E-state index contributed by atoms with van der Waals surface area (Å²) in [5.74, 6) is 0.159. The number of esters is 1. The Morgan fingerprint density at radius 1 is 1.04 bits per heavy atom. The predicted octanol–water partition coefficient (Wildman–Crippen LogP) is 4.39. The van der Waals surface area contributed by atoms with E-state index in [1.54, 1.807) is 6.07 Å². The van der Waals surface area contributed by atoms with Gasteiger partial charge in [0.25, 0.3) is 0 Å². The molecule has 0 amide bonds. The number of nitrogens with zero attached hydrogens (tertiary/aromatic N) is 2. The number of para-hydroxylation sites is 2. The van der Waals surface area contributed by atoms with Gasteiger partial charge in [0, 0.05) is 19.1 Å². The van der Waals surface area contributed by atoms with Crippen molar-refractivity contribution in [1.82, 2.24) is 9.38 Å². The molecule has 4 nitrogen and oxygen atoms in total. The molecule has 0 aliphatic carbocycles. The van der Waals surface area contributed by atoms with Crippen molar-refractivity contribution in [3.05, 3.63) is 66.2 Å². The molecule has 2 aromatic carbocycles. The van der Waals surface area contributed by atoms with Gasteiger partial charge in [0.15, 0.2) is 0 Å². The second-order valence-corrected chi connectivity index (χ2v) is 5.83. The van der Waals surface area contributed by atoms with E-state index in [9.17, 15) is 4.79 Å². The molecule has 0 bridgehead atoms. The molecule has 118 valence electrons. The van der Waals surface area contributed by atoms with Crippen LogP contribution in [0.15, 0.2) is 60.7 Å². The van der Waals surface area contributed by atoms with Crippen molar-refractivity contribution in [1.29, 1.82) is 0 Å². The first-order chi connectivity index (χ1) is 11.6. The lowest BCUT2D eigenvalue weighted by Gasteiger charge is -2.10. The molecule has 4 heteroatoms. The summed E-state index contributed by atoms with van der Waals surface area (Å²) in [6.45, 7) is 3.46. The van der Waals surface area contributed by atoms with E-state index in [0.29, 0.717) is 5.75 Å². The molecule has 0 fully saturated rings. The van der Waals surface area contributed by atoms with Gasteiger partial charge in [0.2, 0.25) is 0 Å². The van der Waals surface area contributed by atoms with Crippen LogP contribution in [-0.2, 0) is 4.79 Å². The number of pyridine rings is 1. The van der Waals surface area contributed by atoms with Crippen LogP contribution in [0.5, 0.6) is 5.75 Å². The first-order valence-electron chi connectivity index (χ1n) is 7.78. The Morgan fingerprint density at radius 3 is 2.54 bits per heavy atom. The SMILES string of the molecule is CC(=O)Oc1cc(-c2ccc(C)cc2)n2c(c1)nc1ccccc12. The highest BCUT2D eigenvalue weighted by molar-refractivity contribution is 5.85. The predicted molar refractivity (Wildman–Crippen MR) is 94.2 cm³/mol. The molecule has 0 unspecified atom stereocenters. The molecule has 0 saturated carbocycles. The molecule has 2 heterocycles. The molecule has 0 spiro atoms. The van der Waals surface area contributed by atoms with Gasteiger partial charge in [-0.15, -0.1) is 0 Å². The Hall–Kier alpha value is -3.14. The lowest BCUT2D eigenvalue weighted by atomic mass is 10.1. The van der Waals surface area contributed by atoms with Crippen molar-refractivity contribution in [2.24, 2.45) is 0 Å². The maximum atomic E-state index is 11.4. The van der Waals surface area contributed by atoms with Gasteiger partial charge in [0.05, 0.1) is 16.7 Å². The third-order valence-electron chi connectivity index (χ3n) is 3.99. The summed E-state index contributed by atoms with van der Waals surface area (Å²) >= 11 is 0. The van der Waals surface area contributed by atoms with Gasteiger partial charge >= 0.3 is 5.97 Å². The summed E-state index contributed by atoms with van der Waals surface area (Å²) < 4.78 is 7.40. The highest BCUT2D eigenvalue weighted by atomic mass is 16.5. The van der Waals surface area contributed by atoms with Crippen molar-refractivity contribution < 1.29 is 9.53 Å². The van der Waals surface area contributed by atoms with Crippen LogP contribution < -0.4 is 4.74 Å². The fourth-order valence-electron chi connectivity index (χ4n) is 2.92. The number of aromatic nitrogens is 2. The lowest BCUT2D eigenvalue weighted by Crippen LogP contribution is -2.03. The van der Waals surface area contributed by atoms with E-state index >= 15 is 0 Å². The molecule has 0 radical (unpaired) electrons. The molecule has 0 N–H and O–H groups in total. The number of ether oxygens (including phenoxy) is 1. The molecule has 2 aromatic heterocycles. The van der Waals surface area contributed by atoms with E-state index in [1.807, 2.05) is 30.3 Å². The van der Waals surface area contributed by atoms with E-state index in [4.69, 9.17) is 4.74 Å². The average molecular weight is 316 g/mol. The maximum absolute atomic E-state index is 11.4. The summed E-state index contributed by atoms with van der Waals surface area (Å²) in [7, 11) is 0. The van der Waals surface area contributed by atoms with Crippen molar-refractivity contribution in [3.63, 3.8) is 0 Å². The zero-order valence-electron chi connectivity index (χ0n) is 13.5. The number of carbonyl (C=O) groups is 1. The van der Waals surface area contributed by atoms with Crippen LogP contribution >= 0.6 is 0 Å². The maximum Gasteiger partial charge on any atom is 0.308 e. The standard InChI is InChI=1S/C20H16N2O2/c1-13-7-9-15(10-8-13)19-11-16(24-14(2)23)12-20-21-17-5-3-4-6-18(17)22(19)20/h3-12H,1-2H3. The van der Waals surface area contributed by atoms with Crippen LogP contribution in [0.25, 0.3) is 27.9 Å². The summed E-state index contributed by atoms with van der Waals surface area (Å²) in [6, 6.07) is 19.9. The highest BCUT2D eigenvalue weighted by Crippen LogP contribution is 2.30. The fraction of sp³-hybridized carbons (Fsp3) is 0.100. The second-order valence-electron chi connectivity index (χ2n) is 5.83. The van der Waals surface area contributed by atoms with Gasteiger partial charge < -0.3 is 4.74 Å². The van der Waals surface area contributed by atoms with Crippen LogP contribution in [-0.4, -0.2) is 15.4 Å². The molecule has 0 saturated heterocycles. The lowest BCUT2D eigenvalue weighted by molar-refractivity contribution is -0.131. The van der Waals surface area contributed by atoms with Crippen LogP contribution in [0.2, 0.25) is 0 Å². The Bertz CT molecular complexity index is 1060. The molecule has 0 aliphatic heterocycles. The monoisotopic (exact) mass is 316 g/mol.